The lowest BCUT2D eigenvalue weighted by molar-refractivity contribution is -0.121. The number of amides is 1. The predicted molar refractivity (Wildman–Crippen MR) is 125 cm³/mol. The standard InChI is InChI=1S/C23H23ClN2O4S/c1-4-11-30-19-10-9-17(24)12-16(19)14-20-21(27)26(3)23(31-20)25-18-8-6-7-15(13-18)22(28)29-5-2/h6-10,12-14H,4-5,11H2,1-3H3. The number of carbonyl (C=O) groups excluding carboxylic acids is 2. The van der Waals surface area contributed by atoms with Crippen LogP contribution in [0.3, 0.4) is 0 Å². The SMILES string of the molecule is CCCOc1ccc(Cl)cc1C=C1SC(=Nc2cccc(C(=O)OCC)c2)N(C)C1=O. The number of rotatable bonds is 7. The maximum atomic E-state index is 12.8. The topological polar surface area (TPSA) is 68.2 Å². The summed E-state index contributed by atoms with van der Waals surface area (Å²) in [6.45, 7) is 4.65. The van der Waals surface area contributed by atoms with Crippen LogP contribution >= 0.6 is 23.4 Å². The van der Waals surface area contributed by atoms with Gasteiger partial charge in [-0.2, -0.15) is 0 Å². The van der Waals surface area contributed by atoms with E-state index in [-0.39, 0.29) is 5.91 Å². The minimum atomic E-state index is -0.408. The first-order valence-corrected chi connectivity index (χ1v) is 11.1. The number of hydrogen-bond donors (Lipinski definition) is 0. The third-order valence-corrected chi connectivity index (χ3v) is 5.60. The highest BCUT2D eigenvalue weighted by atomic mass is 35.5. The number of thioether (sulfide) groups is 1. The largest absolute Gasteiger partial charge is 0.493 e. The number of esters is 1. The fourth-order valence-corrected chi connectivity index (χ4v) is 3.95. The molecule has 1 amide bonds. The van der Waals surface area contributed by atoms with Crippen LogP contribution in [0.2, 0.25) is 5.02 Å². The molecule has 1 aliphatic rings. The number of carbonyl (C=O) groups is 2. The molecule has 0 N–H and O–H groups in total. The highest BCUT2D eigenvalue weighted by Crippen LogP contribution is 2.35. The molecule has 2 aromatic carbocycles. The lowest BCUT2D eigenvalue weighted by Gasteiger charge is -2.09. The molecule has 0 aliphatic carbocycles. The smallest absolute Gasteiger partial charge is 0.338 e. The van der Waals surface area contributed by atoms with Crippen molar-refractivity contribution in [1.82, 2.24) is 4.90 Å². The summed E-state index contributed by atoms with van der Waals surface area (Å²) in [4.78, 5) is 31.3. The number of hydrogen-bond acceptors (Lipinski definition) is 6. The van der Waals surface area contributed by atoms with Crippen molar-refractivity contribution in [3.8, 4) is 5.75 Å². The Hall–Kier alpha value is -2.77. The van der Waals surface area contributed by atoms with E-state index in [0.29, 0.717) is 45.3 Å². The molecule has 0 saturated carbocycles. The van der Waals surface area contributed by atoms with E-state index < -0.39 is 5.97 Å². The van der Waals surface area contributed by atoms with Crippen molar-refractivity contribution in [2.24, 2.45) is 4.99 Å². The lowest BCUT2D eigenvalue weighted by Crippen LogP contribution is -2.23. The van der Waals surface area contributed by atoms with Crippen LogP contribution in [0.15, 0.2) is 52.4 Å². The Bertz CT molecular complexity index is 1050. The second-order valence-corrected chi connectivity index (χ2v) is 8.12. The van der Waals surface area contributed by atoms with E-state index >= 15 is 0 Å². The van der Waals surface area contributed by atoms with Gasteiger partial charge in [-0.05, 0) is 67.6 Å². The number of nitrogens with zero attached hydrogens (tertiary/aromatic N) is 2. The van der Waals surface area contributed by atoms with Crippen LogP contribution in [-0.4, -0.2) is 42.2 Å². The Morgan fingerprint density at radius 1 is 1.23 bits per heavy atom. The van der Waals surface area contributed by atoms with Crippen LogP contribution in [0.5, 0.6) is 5.75 Å². The second kappa shape index (κ2) is 10.5. The Balaban J connectivity index is 1.89. The first-order chi connectivity index (χ1) is 14.9. The van der Waals surface area contributed by atoms with E-state index in [4.69, 9.17) is 21.1 Å². The highest BCUT2D eigenvalue weighted by Gasteiger charge is 2.30. The zero-order valence-corrected chi connectivity index (χ0v) is 19.1. The van der Waals surface area contributed by atoms with Gasteiger partial charge < -0.3 is 9.47 Å². The monoisotopic (exact) mass is 458 g/mol. The van der Waals surface area contributed by atoms with Crippen LogP contribution in [0, 0.1) is 0 Å². The van der Waals surface area contributed by atoms with Gasteiger partial charge >= 0.3 is 5.97 Å². The average Bonchev–Trinajstić information content (AvgIpc) is 3.01. The van der Waals surface area contributed by atoms with Gasteiger partial charge in [0.1, 0.15) is 5.75 Å². The van der Waals surface area contributed by atoms with Gasteiger partial charge in [-0.15, -0.1) is 0 Å². The molecule has 0 unspecified atom stereocenters. The lowest BCUT2D eigenvalue weighted by atomic mass is 10.2. The molecule has 1 saturated heterocycles. The van der Waals surface area contributed by atoms with Crippen molar-refractivity contribution in [3.63, 3.8) is 0 Å². The van der Waals surface area contributed by atoms with Gasteiger partial charge in [-0.1, -0.05) is 24.6 Å². The number of amidine groups is 1. The molecule has 2 aromatic rings. The van der Waals surface area contributed by atoms with E-state index in [2.05, 4.69) is 4.99 Å². The van der Waals surface area contributed by atoms with Crippen molar-refractivity contribution in [1.29, 1.82) is 0 Å². The van der Waals surface area contributed by atoms with Crippen molar-refractivity contribution in [2.75, 3.05) is 20.3 Å². The Morgan fingerprint density at radius 2 is 2.03 bits per heavy atom. The van der Waals surface area contributed by atoms with Crippen molar-refractivity contribution in [2.45, 2.75) is 20.3 Å². The molecule has 162 valence electrons. The van der Waals surface area contributed by atoms with Gasteiger partial charge in [0.15, 0.2) is 5.17 Å². The highest BCUT2D eigenvalue weighted by molar-refractivity contribution is 8.18. The molecule has 0 aromatic heterocycles. The number of likely N-dealkylation sites (N-methyl/N-ethyl adjacent to an activating group) is 1. The summed E-state index contributed by atoms with van der Waals surface area (Å²) >= 11 is 7.40. The van der Waals surface area contributed by atoms with E-state index in [1.165, 1.54) is 16.7 Å². The third-order valence-electron chi connectivity index (χ3n) is 4.31. The summed E-state index contributed by atoms with van der Waals surface area (Å²) in [7, 11) is 1.66. The maximum Gasteiger partial charge on any atom is 0.338 e. The number of ether oxygens (including phenoxy) is 2. The summed E-state index contributed by atoms with van der Waals surface area (Å²) in [6.07, 6.45) is 2.63. The third kappa shape index (κ3) is 5.68. The van der Waals surface area contributed by atoms with Gasteiger partial charge in [-0.3, -0.25) is 9.69 Å². The molecule has 1 fully saturated rings. The summed E-state index contributed by atoms with van der Waals surface area (Å²) < 4.78 is 10.8. The van der Waals surface area contributed by atoms with Gasteiger partial charge in [-0.25, -0.2) is 9.79 Å². The predicted octanol–water partition coefficient (Wildman–Crippen LogP) is 5.54. The van der Waals surface area contributed by atoms with Crippen molar-refractivity contribution < 1.29 is 19.1 Å². The van der Waals surface area contributed by atoms with Crippen LogP contribution in [0.1, 0.15) is 36.2 Å². The Kier molecular flexibility index (Phi) is 7.76. The van der Waals surface area contributed by atoms with Crippen molar-refractivity contribution >= 4 is 52.2 Å². The Labute approximate surface area is 190 Å². The summed E-state index contributed by atoms with van der Waals surface area (Å²) in [5, 5.41) is 1.07. The van der Waals surface area contributed by atoms with E-state index in [9.17, 15) is 9.59 Å². The molecule has 1 aliphatic heterocycles. The molecule has 6 nitrogen and oxygen atoms in total. The average molecular weight is 459 g/mol. The van der Waals surface area contributed by atoms with Gasteiger partial charge in [0.2, 0.25) is 0 Å². The van der Waals surface area contributed by atoms with Crippen LogP contribution < -0.4 is 4.74 Å². The quantitative estimate of drug-likeness (QED) is 0.402. The second-order valence-electron chi connectivity index (χ2n) is 6.67. The molecular weight excluding hydrogens is 436 g/mol. The van der Waals surface area contributed by atoms with Gasteiger partial charge in [0.05, 0.1) is 29.4 Å². The first kappa shape index (κ1) is 22.9. The van der Waals surface area contributed by atoms with Gasteiger partial charge in [0, 0.05) is 17.6 Å². The van der Waals surface area contributed by atoms with Crippen LogP contribution in [0.25, 0.3) is 6.08 Å². The molecule has 3 rings (SSSR count). The van der Waals surface area contributed by atoms with E-state index in [1.54, 1.807) is 62.5 Å². The minimum absolute atomic E-state index is 0.174. The summed E-state index contributed by atoms with van der Waals surface area (Å²) in [5.41, 5.74) is 1.70. The Morgan fingerprint density at radius 3 is 2.77 bits per heavy atom. The maximum absolute atomic E-state index is 12.8. The number of benzene rings is 2. The fourth-order valence-electron chi connectivity index (χ4n) is 2.80. The molecular formula is C23H23ClN2O4S. The first-order valence-electron chi connectivity index (χ1n) is 9.88. The molecule has 0 bridgehead atoms. The molecule has 8 heteroatoms. The van der Waals surface area contributed by atoms with Crippen LogP contribution in [0.4, 0.5) is 5.69 Å². The fraction of sp³-hybridized carbons (Fsp3) is 0.261. The molecule has 31 heavy (non-hydrogen) atoms. The molecule has 0 radical (unpaired) electrons. The van der Waals surface area contributed by atoms with Crippen LogP contribution in [-0.2, 0) is 9.53 Å². The summed E-state index contributed by atoms with van der Waals surface area (Å²) in [5.74, 6) is 0.0863. The van der Waals surface area contributed by atoms with Gasteiger partial charge in [0.25, 0.3) is 5.91 Å². The van der Waals surface area contributed by atoms with E-state index in [0.717, 1.165) is 12.0 Å². The molecule has 0 spiro atoms. The van der Waals surface area contributed by atoms with Crippen molar-refractivity contribution in [3.05, 3.63) is 63.5 Å². The zero-order chi connectivity index (χ0) is 22.4. The number of halogens is 1. The number of aliphatic imine (C=N–C) groups is 1. The normalized spacial score (nSPS) is 16.3. The minimum Gasteiger partial charge on any atom is -0.493 e. The van der Waals surface area contributed by atoms with E-state index in [1.807, 2.05) is 6.92 Å². The summed E-state index contributed by atoms with van der Waals surface area (Å²) in [6, 6.07) is 12.1. The zero-order valence-electron chi connectivity index (χ0n) is 17.6. The molecule has 1 heterocycles. The molecule has 0 atom stereocenters.